The van der Waals surface area contributed by atoms with Crippen molar-refractivity contribution in [2.45, 2.75) is 0 Å². The lowest BCUT2D eigenvalue weighted by molar-refractivity contribution is 2.11. The van der Waals surface area contributed by atoms with Crippen molar-refractivity contribution in [3.05, 3.63) is 13.4 Å². The van der Waals surface area contributed by atoms with E-state index in [9.17, 15) is 4.79 Å². The minimum atomic E-state index is 0.164. The summed E-state index contributed by atoms with van der Waals surface area (Å²) in [7, 11) is 5.77. The zero-order valence-electron chi connectivity index (χ0n) is 4.45. The number of fused-ring (bicyclic) bond motifs is 1. The molecule has 0 spiro atoms. The maximum Gasteiger partial charge on any atom is 0.261 e. The largest absolute Gasteiger partial charge is 0.275 e. The number of hydrogen-bond donors (Lipinski definition) is 0. The van der Waals surface area contributed by atoms with E-state index in [2.05, 4.69) is 0 Å². The lowest BCUT2D eigenvalue weighted by atomic mass is 10.6. The average Bonchev–Trinajstić information content (AvgIpc) is 2.41. The van der Waals surface area contributed by atoms with Crippen LogP contribution in [0.1, 0.15) is 0 Å². The number of hydrogen-bond acceptors (Lipinski definition) is 6. The molecule has 2 heterocycles. The zero-order chi connectivity index (χ0) is 7.14. The molecule has 0 radical (unpaired) electrons. The molecule has 0 aliphatic carbocycles. The minimum Gasteiger partial charge on any atom is -0.275 e. The predicted octanol–water partition coefficient (Wildman–Crippen LogP) is 3.18. The molecule has 0 bridgehead atoms. The third-order valence-corrected chi connectivity index (χ3v) is 6.73. The summed E-state index contributed by atoms with van der Waals surface area (Å²) >= 11 is 5.01. The van der Waals surface area contributed by atoms with Crippen LogP contribution in [0.15, 0.2) is 4.79 Å². The van der Waals surface area contributed by atoms with Gasteiger partial charge in [-0.2, -0.15) is 0 Å². The zero-order valence-corrected chi connectivity index (χ0v) is 8.53. The molecule has 2 aromatic rings. The van der Waals surface area contributed by atoms with Gasteiger partial charge in [-0.15, -0.1) is 0 Å². The summed E-state index contributed by atoms with van der Waals surface area (Å²) in [5.41, 5.74) is 0. The van der Waals surface area contributed by atoms with Crippen LogP contribution in [-0.2, 0) is 0 Å². The lowest BCUT2D eigenvalue weighted by Gasteiger charge is -1.61. The Labute approximate surface area is 76.0 Å². The molecular formula is C4OS5. The summed E-state index contributed by atoms with van der Waals surface area (Å²) in [6, 6.07) is 0. The van der Waals surface area contributed by atoms with E-state index in [0.717, 1.165) is 13.2 Å². The van der Waals surface area contributed by atoms with Crippen molar-refractivity contribution in [1.82, 2.24) is 0 Å². The first-order valence-electron chi connectivity index (χ1n) is 2.31. The third kappa shape index (κ3) is 0.911. The summed E-state index contributed by atoms with van der Waals surface area (Å²) < 4.78 is 2.89. The van der Waals surface area contributed by atoms with Crippen molar-refractivity contribution in [2.75, 3.05) is 0 Å². The Kier molecular flexibility index (Phi) is 1.73. The molecule has 0 aromatic carbocycles. The van der Waals surface area contributed by atoms with Crippen LogP contribution in [0.5, 0.6) is 0 Å². The second-order valence-electron chi connectivity index (χ2n) is 1.57. The predicted molar refractivity (Wildman–Crippen MR) is 52.6 cm³/mol. The van der Waals surface area contributed by atoms with Gasteiger partial charge in [-0.25, -0.2) is 0 Å². The highest BCUT2D eigenvalue weighted by molar-refractivity contribution is 7.84. The molecular weight excluding hydrogens is 224 g/mol. The molecule has 0 N–H and O–H groups in total. The molecule has 0 fully saturated rings. The molecule has 6 heteroatoms. The van der Waals surface area contributed by atoms with Gasteiger partial charge in [0.25, 0.3) is 4.74 Å². The third-order valence-electron chi connectivity index (χ3n) is 0.978. The van der Waals surface area contributed by atoms with E-state index in [-0.39, 0.29) is 4.74 Å². The van der Waals surface area contributed by atoms with Crippen molar-refractivity contribution in [3.63, 3.8) is 0 Å². The molecule has 52 valence electrons. The minimum absolute atomic E-state index is 0.164. The van der Waals surface area contributed by atoms with Gasteiger partial charge < -0.3 is 0 Å². The molecule has 0 saturated heterocycles. The van der Waals surface area contributed by atoms with Gasteiger partial charge in [0.2, 0.25) is 0 Å². The van der Waals surface area contributed by atoms with E-state index in [1.54, 1.807) is 0 Å². The summed E-state index contributed by atoms with van der Waals surface area (Å²) in [5.74, 6) is 0. The van der Waals surface area contributed by atoms with E-state index >= 15 is 0 Å². The molecule has 2 rings (SSSR count). The second-order valence-corrected chi connectivity index (χ2v) is 6.50. The van der Waals surface area contributed by atoms with Gasteiger partial charge in [0.15, 0.2) is 0 Å². The van der Waals surface area contributed by atoms with Crippen LogP contribution < -0.4 is 4.74 Å². The molecule has 2 aromatic heterocycles. The Morgan fingerprint density at radius 3 is 2.40 bits per heavy atom. The topological polar surface area (TPSA) is 17.1 Å². The Morgan fingerprint density at radius 2 is 1.70 bits per heavy atom. The summed E-state index contributed by atoms with van der Waals surface area (Å²) in [6.07, 6.45) is 0. The molecule has 1 nitrogen and oxygen atoms in total. The fourth-order valence-corrected chi connectivity index (χ4v) is 6.74. The van der Waals surface area contributed by atoms with Crippen LogP contribution in [0, 0.1) is 3.82 Å². The quantitative estimate of drug-likeness (QED) is 0.505. The summed E-state index contributed by atoms with van der Waals surface area (Å²) in [5, 5.41) is 0. The van der Waals surface area contributed by atoms with Crippen LogP contribution >= 0.6 is 53.6 Å². The van der Waals surface area contributed by atoms with Crippen molar-refractivity contribution >= 4 is 63.0 Å². The molecule has 0 saturated carbocycles. The highest BCUT2D eigenvalue weighted by atomic mass is 32.9. The fourth-order valence-electron chi connectivity index (χ4n) is 0.564. The van der Waals surface area contributed by atoms with Gasteiger partial charge in [0, 0.05) is 0 Å². The van der Waals surface area contributed by atoms with Gasteiger partial charge in [0.1, 0.15) is 8.52 Å². The molecule has 0 amide bonds. The molecule has 0 unspecified atom stereocenters. The average molecular weight is 224 g/mol. The SMILES string of the molecule is O=c1ssc2c(=S)ssc12. The Balaban J connectivity index is 3.24. The maximum atomic E-state index is 11.0. The van der Waals surface area contributed by atoms with Crippen molar-refractivity contribution in [3.8, 4) is 0 Å². The monoisotopic (exact) mass is 224 g/mol. The first-order valence-corrected chi connectivity index (χ1v) is 7.02. The van der Waals surface area contributed by atoms with E-state index in [4.69, 9.17) is 12.2 Å². The highest BCUT2D eigenvalue weighted by Crippen LogP contribution is 2.30. The summed E-state index contributed by atoms with van der Waals surface area (Å²) in [4.78, 5) is 11.0. The standard InChI is InChI=1S/C4OS5/c5-3-1-2(8-9-3)4(6)10-7-1. The van der Waals surface area contributed by atoms with Gasteiger partial charge in [0.05, 0.1) is 4.70 Å². The van der Waals surface area contributed by atoms with Gasteiger partial charge in [-0.3, -0.25) is 4.79 Å². The van der Waals surface area contributed by atoms with Crippen LogP contribution in [0.25, 0.3) is 9.40 Å². The number of rotatable bonds is 0. The van der Waals surface area contributed by atoms with Gasteiger partial charge in [-0.05, 0) is 10.3 Å². The van der Waals surface area contributed by atoms with E-state index in [1.165, 1.54) is 41.4 Å². The van der Waals surface area contributed by atoms with Crippen molar-refractivity contribution in [1.29, 1.82) is 0 Å². The Hall–Kier alpha value is 0.380. The first kappa shape index (κ1) is 7.05. The van der Waals surface area contributed by atoms with Crippen LogP contribution in [-0.4, -0.2) is 0 Å². The van der Waals surface area contributed by atoms with Crippen LogP contribution in [0.3, 0.4) is 0 Å². The molecule has 0 aliphatic heterocycles. The normalized spacial score (nSPS) is 10.8. The van der Waals surface area contributed by atoms with Gasteiger partial charge in [-0.1, -0.05) is 43.2 Å². The Morgan fingerprint density at radius 1 is 1.00 bits per heavy atom. The molecule has 10 heavy (non-hydrogen) atoms. The van der Waals surface area contributed by atoms with Crippen LogP contribution in [0.2, 0.25) is 0 Å². The second kappa shape index (κ2) is 2.46. The van der Waals surface area contributed by atoms with Crippen molar-refractivity contribution < 1.29 is 0 Å². The molecule has 0 aliphatic rings. The lowest BCUT2D eigenvalue weighted by Crippen LogP contribution is -1.81. The molecule has 0 atom stereocenters. The van der Waals surface area contributed by atoms with E-state index < -0.39 is 0 Å². The van der Waals surface area contributed by atoms with Crippen LogP contribution in [0.4, 0.5) is 0 Å². The highest BCUT2D eigenvalue weighted by Gasteiger charge is 2.04. The van der Waals surface area contributed by atoms with Gasteiger partial charge >= 0.3 is 0 Å². The first-order chi connectivity index (χ1) is 4.79. The van der Waals surface area contributed by atoms with E-state index in [0.29, 0.717) is 0 Å². The Bertz CT molecular complexity index is 409. The van der Waals surface area contributed by atoms with Crippen molar-refractivity contribution in [2.24, 2.45) is 0 Å². The summed E-state index contributed by atoms with van der Waals surface area (Å²) in [6.45, 7) is 0. The fraction of sp³-hybridized carbons (Fsp3) is 0. The maximum absolute atomic E-state index is 11.0. The van der Waals surface area contributed by atoms with E-state index in [1.807, 2.05) is 0 Å². The smallest absolute Gasteiger partial charge is 0.261 e.